The lowest BCUT2D eigenvalue weighted by Crippen LogP contribution is -2.43. The smallest absolute Gasteiger partial charge is 0.137 e. The maximum Gasteiger partial charge on any atom is 0.137 e. The molecule has 0 saturated carbocycles. The fourth-order valence-electron chi connectivity index (χ4n) is 3.25. The van der Waals surface area contributed by atoms with Crippen LogP contribution in [-0.4, -0.2) is 51.5 Å². The molecule has 0 radical (unpaired) electrons. The number of nitrogens with zero attached hydrogens (tertiary/aromatic N) is 4. The molecule has 0 bridgehead atoms. The quantitative estimate of drug-likeness (QED) is 0.493. The van der Waals surface area contributed by atoms with Crippen molar-refractivity contribution < 1.29 is 18.6 Å². The SMILES string of the molecule is CN(CCCOc1ccc(Cl)cc1)CC(O)(Cn1cncn1)c1ccc(F)cc1F. The number of ether oxygens (including phenoxy) is 1. The molecule has 30 heavy (non-hydrogen) atoms. The fraction of sp³-hybridized carbons (Fsp3) is 0.333. The van der Waals surface area contributed by atoms with Gasteiger partial charge >= 0.3 is 0 Å². The molecule has 3 rings (SSSR count). The standard InChI is InChI=1S/C21H23ClF2N4O2/c1-27(9-2-10-30-18-6-3-16(22)4-7-18)12-21(29,13-28-15-25-14-26-28)19-8-5-17(23)11-20(19)24/h3-8,11,14-15,29H,2,9-10,12-13H2,1H3. The number of halogens is 3. The van der Waals surface area contributed by atoms with Crippen LogP contribution >= 0.6 is 11.6 Å². The molecule has 1 N–H and O–H groups in total. The largest absolute Gasteiger partial charge is 0.494 e. The first-order chi connectivity index (χ1) is 14.4. The first kappa shape index (κ1) is 22.1. The Hall–Kier alpha value is -2.55. The Balaban J connectivity index is 1.62. The van der Waals surface area contributed by atoms with Crippen molar-refractivity contribution in [3.05, 3.63) is 77.3 Å². The first-order valence-electron chi connectivity index (χ1n) is 9.43. The summed E-state index contributed by atoms with van der Waals surface area (Å²) in [6.45, 7) is 1.14. The molecule has 160 valence electrons. The van der Waals surface area contributed by atoms with Crippen LogP contribution in [0.3, 0.4) is 0 Å². The van der Waals surface area contributed by atoms with Gasteiger partial charge in [-0.2, -0.15) is 5.10 Å². The number of hydrogen-bond acceptors (Lipinski definition) is 5. The van der Waals surface area contributed by atoms with E-state index in [2.05, 4.69) is 10.1 Å². The van der Waals surface area contributed by atoms with Crippen LogP contribution in [0.4, 0.5) is 8.78 Å². The molecule has 0 aliphatic rings. The van der Waals surface area contributed by atoms with Crippen LogP contribution < -0.4 is 4.74 Å². The molecule has 0 fully saturated rings. The van der Waals surface area contributed by atoms with Crippen LogP contribution in [0, 0.1) is 11.6 Å². The molecule has 1 heterocycles. The summed E-state index contributed by atoms with van der Waals surface area (Å²) in [5.41, 5.74) is -1.62. The van der Waals surface area contributed by atoms with Crippen molar-refractivity contribution in [2.75, 3.05) is 26.7 Å². The Morgan fingerprint density at radius 1 is 1.20 bits per heavy atom. The third-order valence-corrected chi connectivity index (χ3v) is 4.87. The highest BCUT2D eigenvalue weighted by atomic mass is 35.5. The Labute approximate surface area is 178 Å². The molecule has 3 aromatic rings. The van der Waals surface area contributed by atoms with E-state index in [0.29, 0.717) is 24.6 Å². The monoisotopic (exact) mass is 436 g/mol. The third kappa shape index (κ3) is 5.98. The van der Waals surface area contributed by atoms with Crippen molar-refractivity contribution in [1.82, 2.24) is 19.7 Å². The average molecular weight is 437 g/mol. The van der Waals surface area contributed by atoms with Gasteiger partial charge in [-0.05, 0) is 43.8 Å². The second kappa shape index (κ2) is 9.97. The summed E-state index contributed by atoms with van der Waals surface area (Å²) in [7, 11) is 1.82. The number of hydrogen-bond donors (Lipinski definition) is 1. The lowest BCUT2D eigenvalue weighted by Gasteiger charge is -2.33. The van der Waals surface area contributed by atoms with Crippen molar-refractivity contribution in [1.29, 1.82) is 0 Å². The normalized spacial score (nSPS) is 13.4. The van der Waals surface area contributed by atoms with E-state index in [1.54, 1.807) is 24.3 Å². The van der Waals surface area contributed by atoms with Crippen molar-refractivity contribution in [2.24, 2.45) is 0 Å². The Morgan fingerprint density at radius 3 is 2.63 bits per heavy atom. The van der Waals surface area contributed by atoms with Gasteiger partial charge < -0.3 is 14.7 Å². The fourth-order valence-corrected chi connectivity index (χ4v) is 3.38. The van der Waals surface area contributed by atoms with Crippen LogP contribution in [0.5, 0.6) is 5.75 Å². The highest BCUT2D eigenvalue weighted by Gasteiger charge is 2.34. The molecule has 0 amide bonds. The number of benzene rings is 2. The number of aromatic nitrogens is 3. The minimum Gasteiger partial charge on any atom is -0.494 e. The summed E-state index contributed by atoms with van der Waals surface area (Å²) in [5.74, 6) is -0.790. The van der Waals surface area contributed by atoms with Gasteiger partial charge in [0.15, 0.2) is 0 Å². The molecule has 6 nitrogen and oxygen atoms in total. The van der Waals surface area contributed by atoms with Gasteiger partial charge in [0.1, 0.15) is 35.6 Å². The average Bonchev–Trinajstić information content (AvgIpc) is 3.19. The van der Waals surface area contributed by atoms with Crippen molar-refractivity contribution >= 4 is 11.6 Å². The van der Waals surface area contributed by atoms with Gasteiger partial charge in [-0.15, -0.1) is 0 Å². The molecule has 2 aromatic carbocycles. The molecule has 1 aromatic heterocycles. The molecule has 0 saturated heterocycles. The summed E-state index contributed by atoms with van der Waals surface area (Å²) in [6, 6.07) is 10.3. The van der Waals surface area contributed by atoms with Gasteiger partial charge in [-0.1, -0.05) is 17.7 Å². The molecular formula is C21H23ClF2N4O2. The Bertz CT molecular complexity index is 941. The predicted octanol–water partition coefficient (Wildman–Crippen LogP) is 3.50. The summed E-state index contributed by atoms with van der Waals surface area (Å²) < 4.78 is 34.9. The van der Waals surface area contributed by atoms with Crippen molar-refractivity contribution in [3.63, 3.8) is 0 Å². The van der Waals surface area contributed by atoms with E-state index in [9.17, 15) is 13.9 Å². The highest BCUT2D eigenvalue weighted by Crippen LogP contribution is 2.27. The van der Waals surface area contributed by atoms with Crippen molar-refractivity contribution in [3.8, 4) is 5.75 Å². The molecule has 0 spiro atoms. The van der Waals surface area contributed by atoms with Gasteiger partial charge in [-0.25, -0.2) is 18.4 Å². The zero-order valence-electron chi connectivity index (χ0n) is 16.5. The molecular weight excluding hydrogens is 414 g/mol. The van der Waals surface area contributed by atoms with E-state index in [1.807, 2.05) is 11.9 Å². The lowest BCUT2D eigenvalue weighted by molar-refractivity contribution is -0.0165. The number of aliphatic hydroxyl groups is 1. The number of likely N-dealkylation sites (N-methyl/N-ethyl adjacent to an activating group) is 1. The lowest BCUT2D eigenvalue weighted by atomic mass is 9.92. The summed E-state index contributed by atoms with van der Waals surface area (Å²) in [5, 5.41) is 16.0. The second-order valence-electron chi connectivity index (χ2n) is 7.14. The van der Waals surface area contributed by atoms with E-state index < -0.39 is 17.2 Å². The van der Waals surface area contributed by atoms with Crippen molar-refractivity contribution in [2.45, 2.75) is 18.6 Å². The summed E-state index contributed by atoms with van der Waals surface area (Å²) >= 11 is 5.85. The maximum absolute atomic E-state index is 14.5. The Morgan fingerprint density at radius 2 is 1.97 bits per heavy atom. The molecule has 0 aliphatic heterocycles. The summed E-state index contributed by atoms with van der Waals surface area (Å²) in [6.07, 6.45) is 3.45. The van der Waals surface area contributed by atoms with Crippen LogP contribution in [0.25, 0.3) is 0 Å². The van der Waals surface area contributed by atoms with Gasteiger partial charge in [-0.3, -0.25) is 0 Å². The Kier molecular flexibility index (Phi) is 7.36. The summed E-state index contributed by atoms with van der Waals surface area (Å²) in [4.78, 5) is 5.73. The van der Waals surface area contributed by atoms with E-state index in [0.717, 1.165) is 17.9 Å². The third-order valence-electron chi connectivity index (χ3n) is 4.62. The topological polar surface area (TPSA) is 63.4 Å². The molecule has 0 aliphatic carbocycles. The van der Waals surface area contributed by atoms with Gasteiger partial charge in [0.05, 0.1) is 13.2 Å². The first-order valence-corrected chi connectivity index (χ1v) is 9.81. The molecule has 9 heteroatoms. The van der Waals surface area contributed by atoms with Crippen LogP contribution in [0.1, 0.15) is 12.0 Å². The van der Waals surface area contributed by atoms with E-state index in [-0.39, 0.29) is 18.7 Å². The predicted molar refractivity (Wildman–Crippen MR) is 109 cm³/mol. The van der Waals surface area contributed by atoms with E-state index in [4.69, 9.17) is 16.3 Å². The van der Waals surface area contributed by atoms with Gasteiger partial charge in [0.25, 0.3) is 0 Å². The zero-order valence-corrected chi connectivity index (χ0v) is 17.3. The molecule has 1 atom stereocenters. The van der Waals surface area contributed by atoms with Gasteiger partial charge in [0, 0.05) is 29.7 Å². The van der Waals surface area contributed by atoms with E-state index in [1.165, 1.54) is 23.4 Å². The highest BCUT2D eigenvalue weighted by molar-refractivity contribution is 6.30. The number of rotatable bonds is 10. The minimum absolute atomic E-state index is 0.00339. The molecule has 1 unspecified atom stereocenters. The minimum atomic E-state index is -1.63. The maximum atomic E-state index is 14.5. The second-order valence-corrected chi connectivity index (χ2v) is 7.58. The zero-order chi connectivity index (χ0) is 21.6. The van der Waals surface area contributed by atoms with E-state index >= 15 is 0 Å². The van der Waals surface area contributed by atoms with Crippen LogP contribution in [0.15, 0.2) is 55.1 Å². The van der Waals surface area contributed by atoms with Crippen LogP contribution in [-0.2, 0) is 12.1 Å². The van der Waals surface area contributed by atoms with Gasteiger partial charge in [0.2, 0.25) is 0 Å². The van der Waals surface area contributed by atoms with Crippen LogP contribution in [0.2, 0.25) is 5.02 Å².